The molecule has 0 saturated heterocycles. The van der Waals surface area contributed by atoms with Gasteiger partial charge >= 0.3 is 6.03 Å². The van der Waals surface area contributed by atoms with Crippen LogP contribution in [0.1, 0.15) is 31.2 Å². The van der Waals surface area contributed by atoms with E-state index in [1.807, 2.05) is 24.3 Å². The molecule has 0 spiro atoms. The SMILES string of the molecule is O=C(NCc1ccc(OC2CCCC2)nc1)Nc1cccc(-c2nnco2)c1. The van der Waals surface area contributed by atoms with E-state index in [4.69, 9.17) is 9.15 Å². The van der Waals surface area contributed by atoms with Crippen LogP contribution in [-0.4, -0.2) is 27.3 Å². The second kappa shape index (κ2) is 8.51. The smallest absolute Gasteiger partial charge is 0.319 e. The summed E-state index contributed by atoms with van der Waals surface area (Å²) in [6, 6.07) is 10.6. The molecule has 0 radical (unpaired) electrons. The number of nitrogens with zero attached hydrogens (tertiary/aromatic N) is 3. The van der Waals surface area contributed by atoms with E-state index in [0.717, 1.165) is 24.0 Å². The third kappa shape index (κ3) is 4.64. The van der Waals surface area contributed by atoms with Gasteiger partial charge in [0.2, 0.25) is 18.2 Å². The molecule has 0 bridgehead atoms. The monoisotopic (exact) mass is 379 g/mol. The molecule has 1 aliphatic rings. The number of benzene rings is 1. The highest BCUT2D eigenvalue weighted by Crippen LogP contribution is 2.23. The van der Waals surface area contributed by atoms with E-state index in [-0.39, 0.29) is 12.1 Å². The lowest BCUT2D eigenvalue weighted by atomic mass is 10.2. The molecule has 144 valence electrons. The Hall–Kier alpha value is -3.42. The summed E-state index contributed by atoms with van der Waals surface area (Å²) in [7, 11) is 0. The van der Waals surface area contributed by atoms with Crippen LogP contribution in [0.15, 0.2) is 53.4 Å². The molecule has 2 amide bonds. The fourth-order valence-corrected chi connectivity index (χ4v) is 3.15. The Bertz CT molecular complexity index is 906. The highest BCUT2D eigenvalue weighted by atomic mass is 16.5. The molecule has 0 atom stereocenters. The van der Waals surface area contributed by atoms with Gasteiger partial charge in [-0.3, -0.25) is 0 Å². The first kappa shape index (κ1) is 18.0. The third-order valence-corrected chi connectivity index (χ3v) is 4.57. The number of nitrogens with one attached hydrogen (secondary N) is 2. The largest absolute Gasteiger partial charge is 0.474 e. The Labute approximate surface area is 162 Å². The van der Waals surface area contributed by atoms with Crippen LogP contribution in [-0.2, 0) is 6.54 Å². The summed E-state index contributed by atoms with van der Waals surface area (Å²) in [5.41, 5.74) is 2.26. The molecule has 0 aliphatic heterocycles. The van der Waals surface area contributed by atoms with Gasteiger partial charge in [-0.2, -0.15) is 0 Å². The van der Waals surface area contributed by atoms with Crippen molar-refractivity contribution in [3.63, 3.8) is 0 Å². The maximum atomic E-state index is 12.2. The van der Waals surface area contributed by atoms with E-state index in [0.29, 0.717) is 24.0 Å². The molecule has 4 rings (SSSR count). The minimum atomic E-state index is -0.311. The molecule has 8 nitrogen and oxygen atoms in total. The van der Waals surface area contributed by atoms with Crippen molar-refractivity contribution in [2.75, 3.05) is 5.32 Å². The molecule has 2 heterocycles. The number of pyridine rings is 1. The second-order valence-electron chi connectivity index (χ2n) is 6.66. The standard InChI is InChI=1S/C20H21N5O3/c26-20(24-16-5-3-4-15(10-16)19-25-23-13-27-19)22-12-14-8-9-18(21-11-14)28-17-6-1-2-7-17/h3-5,8-11,13,17H,1-2,6-7,12H2,(H2,22,24,26). The topological polar surface area (TPSA) is 102 Å². The highest BCUT2D eigenvalue weighted by Gasteiger charge is 2.16. The Balaban J connectivity index is 1.28. The second-order valence-corrected chi connectivity index (χ2v) is 6.66. The zero-order valence-corrected chi connectivity index (χ0v) is 15.3. The molecule has 8 heteroatoms. The summed E-state index contributed by atoms with van der Waals surface area (Å²) < 4.78 is 11.0. The van der Waals surface area contributed by atoms with Crippen LogP contribution in [0, 0.1) is 0 Å². The molecule has 2 N–H and O–H groups in total. The van der Waals surface area contributed by atoms with Gasteiger partial charge in [-0.1, -0.05) is 12.1 Å². The molecule has 28 heavy (non-hydrogen) atoms. The lowest BCUT2D eigenvalue weighted by molar-refractivity contribution is 0.201. The Morgan fingerprint density at radius 3 is 2.86 bits per heavy atom. The van der Waals surface area contributed by atoms with Gasteiger partial charge in [0.05, 0.1) is 0 Å². The van der Waals surface area contributed by atoms with Crippen LogP contribution in [0.5, 0.6) is 5.88 Å². The van der Waals surface area contributed by atoms with Gasteiger partial charge in [0.15, 0.2) is 0 Å². The van der Waals surface area contributed by atoms with Crippen LogP contribution < -0.4 is 15.4 Å². The Morgan fingerprint density at radius 1 is 1.21 bits per heavy atom. The van der Waals surface area contributed by atoms with Crippen molar-refractivity contribution in [3.8, 4) is 17.3 Å². The van der Waals surface area contributed by atoms with Gasteiger partial charge in [0.1, 0.15) is 6.10 Å². The number of aromatic nitrogens is 3. The first-order valence-corrected chi connectivity index (χ1v) is 9.29. The maximum Gasteiger partial charge on any atom is 0.319 e. The van der Waals surface area contributed by atoms with Crippen LogP contribution >= 0.6 is 0 Å². The number of carbonyl (C=O) groups excluding carboxylic acids is 1. The van der Waals surface area contributed by atoms with Crippen LogP contribution in [0.25, 0.3) is 11.5 Å². The lowest BCUT2D eigenvalue weighted by Crippen LogP contribution is -2.28. The number of anilines is 1. The average Bonchev–Trinajstić information content (AvgIpc) is 3.42. The summed E-state index contributed by atoms with van der Waals surface area (Å²) in [5, 5.41) is 13.1. The zero-order valence-electron chi connectivity index (χ0n) is 15.3. The van der Waals surface area contributed by atoms with Gasteiger partial charge in [-0.25, -0.2) is 9.78 Å². The molecule has 1 aromatic carbocycles. The molecule has 3 aromatic rings. The fraction of sp³-hybridized carbons (Fsp3) is 0.300. The van der Waals surface area contributed by atoms with Crippen molar-refractivity contribution in [1.29, 1.82) is 0 Å². The average molecular weight is 379 g/mol. The minimum Gasteiger partial charge on any atom is -0.474 e. The van der Waals surface area contributed by atoms with E-state index in [2.05, 4.69) is 25.8 Å². The number of urea groups is 1. The van der Waals surface area contributed by atoms with Crippen molar-refractivity contribution in [1.82, 2.24) is 20.5 Å². The summed E-state index contributed by atoms with van der Waals surface area (Å²) in [4.78, 5) is 16.5. The Kier molecular flexibility index (Phi) is 5.46. The first-order chi connectivity index (χ1) is 13.8. The minimum absolute atomic E-state index is 0.283. The predicted molar refractivity (Wildman–Crippen MR) is 103 cm³/mol. The fourth-order valence-electron chi connectivity index (χ4n) is 3.15. The molecule has 2 aromatic heterocycles. The summed E-state index contributed by atoms with van der Waals surface area (Å²) in [6.07, 6.45) is 7.91. The van der Waals surface area contributed by atoms with E-state index in [1.54, 1.807) is 18.3 Å². The van der Waals surface area contributed by atoms with Crippen molar-refractivity contribution in [3.05, 3.63) is 54.6 Å². The lowest BCUT2D eigenvalue weighted by Gasteiger charge is -2.12. The van der Waals surface area contributed by atoms with Crippen LogP contribution in [0.4, 0.5) is 10.5 Å². The molecule has 1 aliphatic carbocycles. The third-order valence-electron chi connectivity index (χ3n) is 4.57. The van der Waals surface area contributed by atoms with E-state index >= 15 is 0 Å². The van der Waals surface area contributed by atoms with Crippen molar-refractivity contribution in [2.24, 2.45) is 0 Å². The number of ether oxygens (including phenoxy) is 1. The number of carbonyl (C=O) groups is 1. The molecule has 0 unspecified atom stereocenters. The predicted octanol–water partition coefficient (Wildman–Crippen LogP) is 3.77. The number of hydrogen-bond donors (Lipinski definition) is 2. The Morgan fingerprint density at radius 2 is 2.11 bits per heavy atom. The summed E-state index contributed by atoms with van der Waals surface area (Å²) >= 11 is 0. The molecule has 1 saturated carbocycles. The number of amides is 2. The van der Waals surface area contributed by atoms with E-state index in [9.17, 15) is 4.79 Å². The molecular weight excluding hydrogens is 358 g/mol. The number of rotatable bonds is 6. The first-order valence-electron chi connectivity index (χ1n) is 9.29. The number of hydrogen-bond acceptors (Lipinski definition) is 6. The van der Waals surface area contributed by atoms with Gasteiger partial charge in [0.25, 0.3) is 0 Å². The summed E-state index contributed by atoms with van der Waals surface area (Å²) in [5.74, 6) is 1.04. The van der Waals surface area contributed by atoms with Crippen molar-refractivity contribution >= 4 is 11.7 Å². The van der Waals surface area contributed by atoms with Gasteiger partial charge in [-0.05, 0) is 49.4 Å². The van der Waals surface area contributed by atoms with Crippen LogP contribution in [0.2, 0.25) is 0 Å². The summed E-state index contributed by atoms with van der Waals surface area (Å²) in [6.45, 7) is 0.367. The normalized spacial score (nSPS) is 14.0. The molecular formula is C20H21N5O3. The van der Waals surface area contributed by atoms with E-state index in [1.165, 1.54) is 19.2 Å². The van der Waals surface area contributed by atoms with Crippen molar-refractivity contribution < 1.29 is 13.9 Å². The van der Waals surface area contributed by atoms with Gasteiger partial charge < -0.3 is 19.8 Å². The van der Waals surface area contributed by atoms with Crippen molar-refractivity contribution in [2.45, 2.75) is 38.3 Å². The van der Waals surface area contributed by atoms with E-state index < -0.39 is 0 Å². The highest BCUT2D eigenvalue weighted by molar-refractivity contribution is 5.89. The molecule has 1 fully saturated rings. The zero-order chi connectivity index (χ0) is 19.2. The van der Waals surface area contributed by atoms with Gasteiger partial charge in [-0.15, -0.1) is 10.2 Å². The quantitative estimate of drug-likeness (QED) is 0.676. The maximum absolute atomic E-state index is 12.2. The van der Waals surface area contributed by atoms with Gasteiger partial charge in [0, 0.05) is 30.1 Å². The van der Waals surface area contributed by atoms with Crippen LogP contribution in [0.3, 0.4) is 0 Å².